The highest BCUT2D eigenvalue weighted by molar-refractivity contribution is 6.42. The Morgan fingerprint density at radius 2 is 1.80 bits per heavy atom. The van der Waals surface area contributed by atoms with Gasteiger partial charge in [0, 0.05) is 6.08 Å². The van der Waals surface area contributed by atoms with E-state index < -0.39 is 17.6 Å². The maximum Gasteiger partial charge on any atom is 0.276 e. The van der Waals surface area contributed by atoms with Crippen molar-refractivity contribution in [3.8, 4) is 5.75 Å². The zero-order chi connectivity index (χ0) is 18.2. The van der Waals surface area contributed by atoms with Crippen molar-refractivity contribution in [3.05, 3.63) is 70.0 Å². The van der Waals surface area contributed by atoms with E-state index in [1.807, 2.05) is 0 Å². The molecule has 0 saturated heterocycles. The molecule has 0 aliphatic heterocycles. The van der Waals surface area contributed by atoms with Crippen LogP contribution in [0.2, 0.25) is 10.0 Å². The quantitative estimate of drug-likeness (QED) is 0.615. The average molecular weight is 383 g/mol. The fourth-order valence-corrected chi connectivity index (χ4v) is 2.07. The highest BCUT2D eigenvalue weighted by Gasteiger charge is 2.05. The van der Waals surface area contributed by atoms with Crippen LogP contribution in [0.4, 0.5) is 4.39 Å². The first-order valence-corrected chi connectivity index (χ1v) is 7.80. The van der Waals surface area contributed by atoms with Gasteiger partial charge in [-0.2, -0.15) is 0 Å². The summed E-state index contributed by atoms with van der Waals surface area (Å²) in [6.07, 6.45) is 2.66. The van der Waals surface area contributed by atoms with E-state index in [2.05, 4.69) is 10.9 Å². The predicted octanol–water partition coefficient (Wildman–Crippen LogP) is 3.37. The van der Waals surface area contributed by atoms with Crippen LogP contribution < -0.4 is 15.6 Å². The van der Waals surface area contributed by atoms with Crippen LogP contribution in [0.5, 0.6) is 5.75 Å². The number of amides is 2. The molecule has 25 heavy (non-hydrogen) atoms. The molecule has 5 nitrogen and oxygen atoms in total. The monoisotopic (exact) mass is 382 g/mol. The van der Waals surface area contributed by atoms with E-state index in [-0.39, 0.29) is 6.61 Å². The van der Waals surface area contributed by atoms with Gasteiger partial charge in [-0.15, -0.1) is 0 Å². The number of carbonyl (C=O) groups excluding carboxylic acids is 2. The summed E-state index contributed by atoms with van der Waals surface area (Å²) in [5, 5.41) is 0.695. The zero-order valence-electron chi connectivity index (χ0n) is 12.8. The topological polar surface area (TPSA) is 67.4 Å². The van der Waals surface area contributed by atoms with Gasteiger partial charge in [0.05, 0.1) is 10.0 Å². The molecular weight excluding hydrogens is 370 g/mol. The molecule has 2 aromatic carbocycles. The Kier molecular flexibility index (Phi) is 6.80. The Morgan fingerprint density at radius 3 is 2.52 bits per heavy atom. The molecule has 0 spiro atoms. The molecule has 0 aromatic heterocycles. The third kappa shape index (κ3) is 6.10. The van der Waals surface area contributed by atoms with E-state index in [9.17, 15) is 14.0 Å². The van der Waals surface area contributed by atoms with Crippen molar-refractivity contribution in [2.45, 2.75) is 0 Å². The van der Waals surface area contributed by atoms with Crippen LogP contribution in [0.1, 0.15) is 5.56 Å². The molecule has 0 unspecified atom stereocenters. The number of hydrazine groups is 1. The van der Waals surface area contributed by atoms with E-state index in [0.29, 0.717) is 21.4 Å². The minimum Gasteiger partial charge on any atom is -0.484 e. The first-order chi connectivity index (χ1) is 12.0. The van der Waals surface area contributed by atoms with Crippen LogP contribution in [-0.2, 0) is 9.59 Å². The molecule has 8 heteroatoms. The van der Waals surface area contributed by atoms with Crippen LogP contribution >= 0.6 is 23.2 Å². The second kappa shape index (κ2) is 9.05. The average Bonchev–Trinajstić information content (AvgIpc) is 2.60. The standard InChI is InChI=1S/C17H13Cl2FN2O3/c18-14-3-1-2-11(17(14)19)4-9-15(23)21-22-16(24)10-25-13-7-5-12(20)6-8-13/h1-9H,10H2,(H,21,23)(H,22,24)/b9-4+. The Bertz CT molecular complexity index is 795. The Labute approximate surface area is 153 Å². The van der Waals surface area contributed by atoms with Gasteiger partial charge < -0.3 is 4.74 Å². The number of nitrogens with one attached hydrogen (secondary N) is 2. The minimum absolute atomic E-state index is 0.324. The van der Waals surface area contributed by atoms with Crippen molar-refractivity contribution >= 4 is 41.1 Å². The van der Waals surface area contributed by atoms with Crippen LogP contribution in [0.3, 0.4) is 0 Å². The Morgan fingerprint density at radius 1 is 1.08 bits per heavy atom. The number of benzene rings is 2. The lowest BCUT2D eigenvalue weighted by Gasteiger charge is -2.07. The van der Waals surface area contributed by atoms with Gasteiger partial charge in [-0.3, -0.25) is 20.4 Å². The van der Waals surface area contributed by atoms with E-state index in [1.165, 1.54) is 36.4 Å². The number of carbonyl (C=O) groups is 2. The number of rotatable bonds is 5. The predicted molar refractivity (Wildman–Crippen MR) is 93.7 cm³/mol. The van der Waals surface area contributed by atoms with Gasteiger partial charge >= 0.3 is 0 Å². The summed E-state index contributed by atoms with van der Waals surface area (Å²) in [6, 6.07) is 10.2. The molecule has 2 N–H and O–H groups in total. The summed E-state index contributed by atoms with van der Waals surface area (Å²) < 4.78 is 17.9. The second-order valence-corrected chi connectivity index (χ2v) is 5.54. The van der Waals surface area contributed by atoms with E-state index in [1.54, 1.807) is 18.2 Å². The van der Waals surface area contributed by atoms with Crippen molar-refractivity contribution in [2.75, 3.05) is 6.61 Å². The van der Waals surface area contributed by atoms with Gasteiger partial charge in [0.25, 0.3) is 11.8 Å². The van der Waals surface area contributed by atoms with Crippen molar-refractivity contribution < 1.29 is 18.7 Å². The first-order valence-electron chi connectivity index (χ1n) is 7.05. The van der Waals surface area contributed by atoms with Crippen molar-refractivity contribution in [1.82, 2.24) is 10.9 Å². The van der Waals surface area contributed by atoms with Crippen LogP contribution in [0.15, 0.2) is 48.5 Å². The molecular formula is C17H13Cl2FN2O3. The van der Waals surface area contributed by atoms with Gasteiger partial charge in [0.2, 0.25) is 0 Å². The number of ether oxygens (including phenoxy) is 1. The minimum atomic E-state index is -0.577. The molecule has 2 aromatic rings. The molecule has 2 rings (SSSR count). The maximum atomic E-state index is 12.7. The fourth-order valence-electron chi connectivity index (χ4n) is 1.70. The normalized spacial score (nSPS) is 10.5. The zero-order valence-corrected chi connectivity index (χ0v) is 14.3. The maximum absolute atomic E-state index is 12.7. The lowest BCUT2D eigenvalue weighted by atomic mass is 10.2. The molecule has 0 fully saturated rings. The molecule has 0 heterocycles. The summed E-state index contributed by atoms with van der Waals surface area (Å²) >= 11 is 11.9. The summed E-state index contributed by atoms with van der Waals surface area (Å²) in [5.74, 6) is -1.22. The summed E-state index contributed by atoms with van der Waals surface area (Å²) in [6.45, 7) is -0.338. The first kappa shape index (κ1) is 18.8. The SMILES string of the molecule is O=C(/C=C/c1cccc(Cl)c1Cl)NNC(=O)COc1ccc(F)cc1. The third-order valence-corrected chi connectivity index (χ3v) is 3.74. The van der Waals surface area contributed by atoms with E-state index in [0.717, 1.165) is 0 Å². The summed E-state index contributed by atoms with van der Waals surface area (Å²) in [4.78, 5) is 23.2. The van der Waals surface area contributed by atoms with E-state index >= 15 is 0 Å². The number of hydrogen-bond donors (Lipinski definition) is 2. The molecule has 0 aliphatic carbocycles. The van der Waals surface area contributed by atoms with Gasteiger partial charge in [-0.05, 0) is 42.0 Å². The largest absolute Gasteiger partial charge is 0.484 e. The highest BCUT2D eigenvalue weighted by Crippen LogP contribution is 2.26. The van der Waals surface area contributed by atoms with Crippen LogP contribution in [0.25, 0.3) is 6.08 Å². The summed E-state index contributed by atoms with van der Waals surface area (Å²) in [5.41, 5.74) is 4.93. The molecule has 0 atom stereocenters. The molecule has 130 valence electrons. The lowest BCUT2D eigenvalue weighted by Crippen LogP contribution is -2.43. The molecule has 0 radical (unpaired) electrons. The molecule has 0 aliphatic rings. The van der Waals surface area contributed by atoms with Gasteiger partial charge in [0.1, 0.15) is 11.6 Å². The van der Waals surface area contributed by atoms with Gasteiger partial charge in [0.15, 0.2) is 6.61 Å². The van der Waals surface area contributed by atoms with Crippen molar-refractivity contribution in [1.29, 1.82) is 0 Å². The Balaban J connectivity index is 1.77. The van der Waals surface area contributed by atoms with Crippen LogP contribution in [0, 0.1) is 5.82 Å². The number of halogens is 3. The van der Waals surface area contributed by atoms with Gasteiger partial charge in [-0.25, -0.2) is 4.39 Å². The van der Waals surface area contributed by atoms with Gasteiger partial charge in [-0.1, -0.05) is 35.3 Å². The second-order valence-electron chi connectivity index (χ2n) is 4.76. The van der Waals surface area contributed by atoms with Crippen molar-refractivity contribution in [3.63, 3.8) is 0 Å². The molecule has 0 bridgehead atoms. The lowest BCUT2D eigenvalue weighted by molar-refractivity contribution is -0.128. The fraction of sp³-hybridized carbons (Fsp3) is 0.0588. The highest BCUT2D eigenvalue weighted by atomic mass is 35.5. The van der Waals surface area contributed by atoms with E-state index in [4.69, 9.17) is 27.9 Å². The smallest absolute Gasteiger partial charge is 0.276 e. The number of hydrogen-bond acceptors (Lipinski definition) is 3. The molecule has 0 saturated carbocycles. The van der Waals surface area contributed by atoms with Crippen molar-refractivity contribution in [2.24, 2.45) is 0 Å². The Hall–Kier alpha value is -2.57. The van der Waals surface area contributed by atoms with Crippen LogP contribution in [-0.4, -0.2) is 18.4 Å². The summed E-state index contributed by atoms with van der Waals surface area (Å²) in [7, 11) is 0. The third-order valence-electron chi connectivity index (χ3n) is 2.90. The molecule has 2 amide bonds.